The average molecular weight is 146 g/mol. The molecule has 1 nitrogen and oxygen atoms in total. The lowest BCUT2D eigenvalue weighted by Crippen LogP contribution is -2.14. The van der Waals surface area contributed by atoms with Crippen molar-refractivity contribution in [1.29, 1.82) is 0 Å². The number of hydrogen-bond donors (Lipinski definition) is 0. The Kier molecular flexibility index (Phi) is 2.49. The number of hydrogen-bond acceptors (Lipinski definition) is 1. The quantitative estimate of drug-likeness (QED) is 0.511. The average Bonchev–Trinajstić information content (AvgIpc) is 2.10. The third kappa shape index (κ3) is 1.65. The third-order valence-corrected chi connectivity index (χ3v) is 2.44. The molecular formula is C7H15OP. The van der Waals surface area contributed by atoms with E-state index in [1.54, 1.807) is 0 Å². The van der Waals surface area contributed by atoms with Crippen LogP contribution in [0.25, 0.3) is 0 Å². The summed E-state index contributed by atoms with van der Waals surface area (Å²) < 4.78 is 5.60. The Morgan fingerprint density at radius 2 is 2.22 bits per heavy atom. The van der Waals surface area contributed by atoms with Crippen molar-refractivity contribution in [2.75, 3.05) is 6.16 Å². The Hall–Kier alpha value is 0.390. The van der Waals surface area contributed by atoms with Gasteiger partial charge < -0.3 is 4.74 Å². The molecule has 4 unspecified atom stereocenters. The van der Waals surface area contributed by atoms with E-state index < -0.39 is 0 Å². The lowest BCUT2D eigenvalue weighted by atomic mass is 10.0. The maximum Gasteiger partial charge on any atom is 0.0639 e. The molecule has 1 aliphatic rings. The van der Waals surface area contributed by atoms with Gasteiger partial charge in [-0.1, -0.05) is 6.92 Å². The van der Waals surface area contributed by atoms with Crippen LogP contribution in [0.5, 0.6) is 0 Å². The van der Waals surface area contributed by atoms with Crippen LogP contribution < -0.4 is 0 Å². The molecule has 4 atom stereocenters. The van der Waals surface area contributed by atoms with Gasteiger partial charge in [0.25, 0.3) is 0 Å². The zero-order valence-electron chi connectivity index (χ0n) is 6.13. The summed E-state index contributed by atoms with van der Waals surface area (Å²) in [7, 11) is 2.74. The van der Waals surface area contributed by atoms with Crippen molar-refractivity contribution in [3.8, 4) is 0 Å². The monoisotopic (exact) mass is 146 g/mol. The van der Waals surface area contributed by atoms with Crippen LogP contribution in [0.1, 0.15) is 20.3 Å². The molecule has 2 heteroatoms. The predicted molar refractivity (Wildman–Crippen MR) is 42.7 cm³/mol. The summed E-state index contributed by atoms with van der Waals surface area (Å²) in [5.74, 6) is 0.762. The minimum Gasteiger partial charge on any atom is -0.375 e. The van der Waals surface area contributed by atoms with Crippen LogP contribution in [-0.4, -0.2) is 18.4 Å². The van der Waals surface area contributed by atoms with Gasteiger partial charge in [0.2, 0.25) is 0 Å². The van der Waals surface area contributed by atoms with Crippen LogP contribution in [-0.2, 0) is 4.74 Å². The van der Waals surface area contributed by atoms with E-state index in [9.17, 15) is 0 Å². The summed E-state index contributed by atoms with van der Waals surface area (Å²) in [5.41, 5.74) is 0. The predicted octanol–water partition coefficient (Wildman–Crippen LogP) is 1.67. The van der Waals surface area contributed by atoms with Crippen molar-refractivity contribution >= 4 is 9.24 Å². The van der Waals surface area contributed by atoms with Gasteiger partial charge in [0, 0.05) is 0 Å². The van der Waals surface area contributed by atoms with Crippen LogP contribution in [0.15, 0.2) is 0 Å². The molecule has 1 rings (SSSR count). The fourth-order valence-electron chi connectivity index (χ4n) is 1.45. The highest BCUT2D eigenvalue weighted by Crippen LogP contribution is 2.26. The van der Waals surface area contributed by atoms with Gasteiger partial charge in [-0.3, -0.25) is 0 Å². The summed E-state index contributed by atoms with van der Waals surface area (Å²) in [6.07, 6.45) is 3.32. The molecule has 9 heavy (non-hydrogen) atoms. The molecule has 0 bridgehead atoms. The Balaban J connectivity index is 2.38. The van der Waals surface area contributed by atoms with E-state index in [1.165, 1.54) is 6.42 Å². The van der Waals surface area contributed by atoms with Gasteiger partial charge in [0.05, 0.1) is 12.2 Å². The van der Waals surface area contributed by atoms with Gasteiger partial charge in [0.15, 0.2) is 0 Å². The molecule has 0 aromatic rings. The van der Waals surface area contributed by atoms with Crippen LogP contribution in [0.3, 0.4) is 0 Å². The van der Waals surface area contributed by atoms with E-state index in [0.29, 0.717) is 12.2 Å². The Morgan fingerprint density at radius 1 is 1.56 bits per heavy atom. The van der Waals surface area contributed by atoms with E-state index in [4.69, 9.17) is 4.74 Å². The first kappa shape index (κ1) is 7.50. The Bertz CT molecular complexity index is 94.9. The summed E-state index contributed by atoms with van der Waals surface area (Å²) in [5, 5.41) is 0. The summed E-state index contributed by atoms with van der Waals surface area (Å²) in [6, 6.07) is 0. The standard InChI is InChI=1S/C7H15OP/c1-5-3-6(2)8-7(5)4-9/h5-7H,3-4,9H2,1-2H3. The maximum absolute atomic E-state index is 5.60. The largest absolute Gasteiger partial charge is 0.375 e. The normalized spacial score (nSPS) is 43.7. The fourth-order valence-corrected chi connectivity index (χ4v) is 2.03. The van der Waals surface area contributed by atoms with Crippen LogP contribution >= 0.6 is 9.24 Å². The molecule has 54 valence electrons. The molecule has 1 saturated heterocycles. The highest BCUT2D eigenvalue weighted by molar-refractivity contribution is 7.16. The number of rotatable bonds is 1. The first-order valence-electron chi connectivity index (χ1n) is 3.59. The zero-order valence-corrected chi connectivity index (χ0v) is 7.29. The second-order valence-corrected chi connectivity index (χ2v) is 3.41. The molecule has 0 N–H and O–H groups in total. The molecule has 1 heterocycles. The smallest absolute Gasteiger partial charge is 0.0639 e. The molecule has 0 amide bonds. The zero-order chi connectivity index (χ0) is 6.85. The first-order valence-corrected chi connectivity index (χ1v) is 4.41. The van der Waals surface area contributed by atoms with Gasteiger partial charge >= 0.3 is 0 Å². The Morgan fingerprint density at radius 3 is 2.44 bits per heavy atom. The van der Waals surface area contributed by atoms with Crippen molar-refractivity contribution in [3.05, 3.63) is 0 Å². The second-order valence-electron chi connectivity index (χ2n) is 2.93. The molecule has 0 saturated carbocycles. The van der Waals surface area contributed by atoms with Crippen LogP contribution in [0.2, 0.25) is 0 Å². The highest BCUT2D eigenvalue weighted by atomic mass is 31.0. The van der Waals surface area contributed by atoms with Gasteiger partial charge in [0.1, 0.15) is 0 Å². The Labute approximate surface area is 59.4 Å². The van der Waals surface area contributed by atoms with Crippen LogP contribution in [0, 0.1) is 5.92 Å². The van der Waals surface area contributed by atoms with Gasteiger partial charge in [-0.05, 0) is 25.4 Å². The minimum atomic E-state index is 0.491. The van der Waals surface area contributed by atoms with E-state index in [0.717, 1.165) is 12.1 Å². The molecule has 0 spiro atoms. The van der Waals surface area contributed by atoms with E-state index >= 15 is 0 Å². The van der Waals surface area contributed by atoms with Crippen molar-refractivity contribution in [3.63, 3.8) is 0 Å². The molecule has 1 aliphatic heterocycles. The fraction of sp³-hybridized carbons (Fsp3) is 1.00. The van der Waals surface area contributed by atoms with Crippen molar-refractivity contribution in [1.82, 2.24) is 0 Å². The first-order chi connectivity index (χ1) is 4.24. The van der Waals surface area contributed by atoms with Gasteiger partial charge in [-0.15, -0.1) is 9.24 Å². The maximum atomic E-state index is 5.60. The summed E-state index contributed by atoms with van der Waals surface area (Å²) in [4.78, 5) is 0. The van der Waals surface area contributed by atoms with E-state index in [2.05, 4.69) is 23.1 Å². The molecule has 0 aromatic heterocycles. The minimum absolute atomic E-state index is 0.491. The topological polar surface area (TPSA) is 9.23 Å². The second kappa shape index (κ2) is 2.98. The molecule has 0 aliphatic carbocycles. The van der Waals surface area contributed by atoms with Gasteiger partial charge in [-0.25, -0.2) is 0 Å². The van der Waals surface area contributed by atoms with E-state index in [-0.39, 0.29) is 0 Å². The third-order valence-electron chi connectivity index (χ3n) is 1.98. The summed E-state index contributed by atoms with van der Waals surface area (Å²) in [6.45, 7) is 4.41. The summed E-state index contributed by atoms with van der Waals surface area (Å²) >= 11 is 0. The lowest BCUT2D eigenvalue weighted by molar-refractivity contribution is 0.0608. The molecule has 0 aromatic carbocycles. The van der Waals surface area contributed by atoms with Crippen molar-refractivity contribution in [2.45, 2.75) is 32.5 Å². The van der Waals surface area contributed by atoms with Gasteiger partial charge in [-0.2, -0.15) is 0 Å². The van der Waals surface area contributed by atoms with Crippen LogP contribution in [0.4, 0.5) is 0 Å². The van der Waals surface area contributed by atoms with Crippen molar-refractivity contribution in [2.24, 2.45) is 5.92 Å². The number of ether oxygens (including phenoxy) is 1. The molecule has 1 fully saturated rings. The lowest BCUT2D eigenvalue weighted by Gasteiger charge is -2.10. The SMILES string of the molecule is CC1CC(C)C(CP)O1. The molecular weight excluding hydrogens is 131 g/mol. The highest BCUT2D eigenvalue weighted by Gasteiger charge is 2.27. The molecule has 0 radical (unpaired) electrons. The van der Waals surface area contributed by atoms with E-state index in [1.807, 2.05) is 0 Å². The van der Waals surface area contributed by atoms with Crippen molar-refractivity contribution < 1.29 is 4.74 Å².